The van der Waals surface area contributed by atoms with Crippen LogP contribution in [0.1, 0.15) is 27.8 Å². The molecule has 8 heteroatoms. The number of methoxy groups -OCH3 is 1. The molecule has 0 atom stereocenters. The molecule has 3 rings (SSSR count). The lowest BCUT2D eigenvalue weighted by Crippen LogP contribution is -2.12. The summed E-state index contributed by atoms with van der Waals surface area (Å²) in [5, 5.41) is 4.04. The summed E-state index contributed by atoms with van der Waals surface area (Å²) in [5.74, 6) is -0.722. The molecule has 8 nitrogen and oxygen atoms in total. The van der Waals surface area contributed by atoms with E-state index >= 15 is 0 Å². The minimum atomic E-state index is -0.608. The van der Waals surface area contributed by atoms with Crippen LogP contribution in [0.4, 0.5) is 0 Å². The molecule has 0 spiro atoms. The van der Waals surface area contributed by atoms with Gasteiger partial charge in [-0.2, -0.15) is 5.10 Å². The van der Waals surface area contributed by atoms with Gasteiger partial charge in [0, 0.05) is 6.07 Å². The summed E-state index contributed by atoms with van der Waals surface area (Å²) in [4.78, 5) is 28.4. The fourth-order valence-corrected chi connectivity index (χ4v) is 2.12. The number of hydrogen-bond acceptors (Lipinski definition) is 7. The molecule has 3 aromatic rings. The summed E-state index contributed by atoms with van der Waals surface area (Å²) in [6, 6.07) is 4.88. The lowest BCUT2D eigenvalue weighted by molar-refractivity contribution is 0.0526. The molecule has 0 bridgehead atoms. The van der Waals surface area contributed by atoms with Crippen molar-refractivity contribution in [3.8, 4) is 11.5 Å². The monoisotopic (exact) mass is 315 g/mol. The highest BCUT2D eigenvalue weighted by atomic mass is 16.5. The van der Waals surface area contributed by atoms with Crippen LogP contribution in [0.3, 0.4) is 0 Å². The molecule has 0 aliphatic rings. The second-order valence-corrected chi connectivity index (χ2v) is 4.51. The lowest BCUT2D eigenvalue weighted by Gasteiger charge is -2.06. The molecule has 3 aromatic heterocycles. The lowest BCUT2D eigenvalue weighted by atomic mass is 10.2. The number of hydrogen-bond donors (Lipinski definition) is 0. The number of furan rings is 1. The summed E-state index contributed by atoms with van der Waals surface area (Å²) >= 11 is 0. The van der Waals surface area contributed by atoms with Crippen molar-refractivity contribution in [3.63, 3.8) is 0 Å². The summed E-state index contributed by atoms with van der Waals surface area (Å²) < 4.78 is 16.3. The van der Waals surface area contributed by atoms with Crippen LogP contribution in [-0.2, 0) is 9.47 Å². The van der Waals surface area contributed by atoms with Gasteiger partial charge in [-0.3, -0.25) is 0 Å². The van der Waals surface area contributed by atoms with Crippen molar-refractivity contribution < 1.29 is 23.5 Å². The topological polar surface area (TPSA) is 95.9 Å². The number of aromatic nitrogens is 3. The Hall–Kier alpha value is -3.16. The summed E-state index contributed by atoms with van der Waals surface area (Å²) in [6.45, 7) is 1.92. The number of nitrogens with zero attached hydrogens (tertiary/aromatic N) is 3. The third-order valence-electron chi connectivity index (χ3n) is 3.14. The minimum absolute atomic E-state index is 0.124. The van der Waals surface area contributed by atoms with Gasteiger partial charge in [-0.25, -0.2) is 19.1 Å². The van der Waals surface area contributed by atoms with Gasteiger partial charge in [0.15, 0.2) is 17.1 Å². The standard InChI is InChI=1S/C15H13N3O5/c1-3-22-14(19)9-8-16-18-11(15(20)21-2)7-10(17-13(9)18)12-5-4-6-23-12/h4-8H,3H2,1-2H3. The maximum Gasteiger partial charge on any atom is 0.356 e. The van der Waals surface area contributed by atoms with E-state index in [1.54, 1.807) is 19.1 Å². The first-order valence-electron chi connectivity index (χ1n) is 6.83. The number of rotatable bonds is 4. The second kappa shape index (κ2) is 5.91. The van der Waals surface area contributed by atoms with Crippen LogP contribution >= 0.6 is 0 Å². The molecule has 0 saturated carbocycles. The highest BCUT2D eigenvalue weighted by molar-refractivity contribution is 5.97. The summed E-state index contributed by atoms with van der Waals surface area (Å²) in [6.07, 6.45) is 2.79. The Morgan fingerprint density at radius 3 is 2.83 bits per heavy atom. The summed E-state index contributed by atoms with van der Waals surface area (Å²) in [5.41, 5.74) is 0.858. The van der Waals surface area contributed by atoms with Gasteiger partial charge in [0.25, 0.3) is 0 Å². The number of ether oxygens (including phenoxy) is 2. The van der Waals surface area contributed by atoms with Gasteiger partial charge in [0.05, 0.1) is 26.2 Å². The van der Waals surface area contributed by atoms with Crippen LogP contribution in [0.5, 0.6) is 0 Å². The first kappa shape index (κ1) is 14.8. The van der Waals surface area contributed by atoms with Crippen molar-refractivity contribution in [1.29, 1.82) is 0 Å². The zero-order chi connectivity index (χ0) is 16.4. The van der Waals surface area contributed by atoms with Crippen LogP contribution in [0.25, 0.3) is 17.1 Å². The average Bonchev–Trinajstić information content (AvgIpc) is 3.22. The molecule has 0 aromatic carbocycles. The molecule has 0 radical (unpaired) electrons. The highest BCUT2D eigenvalue weighted by Gasteiger charge is 2.22. The van der Waals surface area contributed by atoms with E-state index in [1.807, 2.05) is 0 Å². The van der Waals surface area contributed by atoms with Gasteiger partial charge in [0.2, 0.25) is 0 Å². The predicted octanol–water partition coefficient (Wildman–Crippen LogP) is 1.95. The van der Waals surface area contributed by atoms with E-state index in [1.165, 1.54) is 30.2 Å². The first-order valence-corrected chi connectivity index (χ1v) is 6.83. The molecule has 0 saturated heterocycles. The Labute approximate surface area is 130 Å². The van der Waals surface area contributed by atoms with Gasteiger partial charge >= 0.3 is 11.9 Å². The van der Waals surface area contributed by atoms with Crippen LogP contribution < -0.4 is 0 Å². The van der Waals surface area contributed by atoms with Crippen LogP contribution in [0.2, 0.25) is 0 Å². The Bertz CT molecular complexity index is 867. The smallest absolute Gasteiger partial charge is 0.356 e. The molecule has 0 unspecified atom stereocenters. The Balaban J connectivity index is 2.25. The van der Waals surface area contributed by atoms with Crippen molar-refractivity contribution in [3.05, 3.63) is 41.9 Å². The van der Waals surface area contributed by atoms with E-state index < -0.39 is 11.9 Å². The Morgan fingerprint density at radius 2 is 2.17 bits per heavy atom. The second-order valence-electron chi connectivity index (χ2n) is 4.51. The van der Waals surface area contributed by atoms with E-state index in [-0.39, 0.29) is 23.5 Å². The van der Waals surface area contributed by atoms with Crippen LogP contribution in [0, 0.1) is 0 Å². The normalized spacial score (nSPS) is 10.7. The van der Waals surface area contributed by atoms with Crippen LogP contribution in [0.15, 0.2) is 35.1 Å². The Morgan fingerprint density at radius 1 is 1.35 bits per heavy atom. The molecule has 0 aliphatic carbocycles. The number of carbonyl (C=O) groups is 2. The molecular weight excluding hydrogens is 302 g/mol. The molecule has 3 heterocycles. The molecule has 0 N–H and O–H groups in total. The molecule has 23 heavy (non-hydrogen) atoms. The van der Waals surface area contributed by atoms with E-state index in [2.05, 4.69) is 10.1 Å². The molecule has 118 valence electrons. The van der Waals surface area contributed by atoms with Crippen molar-refractivity contribution in [1.82, 2.24) is 14.6 Å². The SMILES string of the molecule is CCOC(=O)c1cnn2c(C(=O)OC)cc(-c3ccco3)nc12. The summed E-state index contributed by atoms with van der Waals surface area (Å²) in [7, 11) is 1.26. The first-order chi connectivity index (χ1) is 11.2. The number of fused-ring (bicyclic) bond motifs is 1. The van der Waals surface area contributed by atoms with E-state index in [0.29, 0.717) is 11.5 Å². The van der Waals surface area contributed by atoms with E-state index in [4.69, 9.17) is 13.9 Å². The van der Waals surface area contributed by atoms with Gasteiger partial charge in [-0.15, -0.1) is 0 Å². The fourth-order valence-electron chi connectivity index (χ4n) is 2.12. The minimum Gasteiger partial charge on any atom is -0.464 e. The van der Waals surface area contributed by atoms with Gasteiger partial charge in [-0.1, -0.05) is 0 Å². The molecule has 0 amide bonds. The molecular formula is C15H13N3O5. The van der Waals surface area contributed by atoms with Crippen molar-refractivity contribution in [2.24, 2.45) is 0 Å². The molecule has 0 aliphatic heterocycles. The van der Waals surface area contributed by atoms with Gasteiger partial charge in [0.1, 0.15) is 11.3 Å². The maximum absolute atomic E-state index is 12.0. The maximum atomic E-state index is 12.0. The zero-order valence-corrected chi connectivity index (χ0v) is 12.5. The number of esters is 2. The zero-order valence-electron chi connectivity index (χ0n) is 12.5. The largest absolute Gasteiger partial charge is 0.464 e. The van der Waals surface area contributed by atoms with E-state index in [9.17, 15) is 9.59 Å². The average molecular weight is 315 g/mol. The van der Waals surface area contributed by atoms with Gasteiger partial charge < -0.3 is 13.9 Å². The van der Waals surface area contributed by atoms with Crippen molar-refractivity contribution >= 4 is 17.6 Å². The third-order valence-corrected chi connectivity index (χ3v) is 3.14. The third kappa shape index (κ3) is 2.54. The fraction of sp³-hybridized carbons (Fsp3) is 0.200. The van der Waals surface area contributed by atoms with E-state index in [0.717, 1.165) is 0 Å². The molecule has 0 fully saturated rings. The predicted molar refractivity (Wildman–Crippen MR) is 78.0 cm³/mol. The number of carbonyl (C=O) groups excluding carboxylic acids is 2. The van der Waals surface area contributed by atoms with Crippen molar-refractivity contribution in [2.45, 2.75) is 6.92 Å². The van der Waals surface area contributed by atoms with Crippen LogP contribution in [-0.4, -0.2) is 40.3 Å². The van der Waals surface area contributed by atoms with Crippen molar-refractivity contribution in [2.75, 3.05) is 13.7 Å². The highest BCUT2D eigenvalue weighted by Crippen LogP contribution is 2.22. The quantitative estimate of drug-likeness (QED) is 0.679. The Kier molecular flexibility index (Phi) is 3.80. The van der Waals surface area contributed by atoms with Gasteiger partial charge in [-0.05, 0) is 19.1 Å².